The van der Waals surface area contributed by atoms with E-state index >= 15 is 0 Å². The summed E-state index contributed by atoms with van der Waals surface area (Å²) < 4.78 is 5.62. The maximum absolute atomic E-state index is 11.6. The van der Waals surface area contributed by atoms with Crippen LogP contribution in [0.2, 0.25) is 5.02 Å². The number of piperazine rings is 1. The van der Waals surface area contributed by atoms with Gasteiger partial charge in [0.05, 0.1) is 0 Å². The van der Waals surface area contributed by atoms with Gasteiger partial charge >= 0.3 is 17.9 Å². The van der Waals surface area contributed by atoms with Crippen LogP contribution in [-0.4, -0.2) is 71.1 Å². The first kappa shape index (κ1) is 26.1. The second-order valence-electron chi connectivity index (χ2n) is 7.41. The Kier molecular flexibility index (Phi) is 10.1. The molecule has 1 aliphatic heterocycles. The van der Waals surface area contributed by atoms with Crippen molar-refractivity contribution >= 4 is 29.5 Å². The zero-order valence-electron chi connectivity index (χ0n) is 18.5. The Morgan fingerprint density at radius 2 is 1.48 bits per heavy atom. The third-order valence-corrected chi connectivity index (χ3v) is 5.23. The van der Waals surface area contributed by atoms with Crippen molar-refractivity contribution in [3.05, 3.63) is 71.3 Å². The lowest BCUT2D eigenvalue weighted by Gasteiger charge is -2.37. The van der Waals surface area contributed by atoms with Crippen LogP contribution in [0.4, 0.5) is 0 Å². The summed E-state index contributed by atoms with van der Waals surface area (Å²) in [5, 5.41) is 16.4. The summed E-state index contributed by atoms with van der Waals surface area (Å²) in [6, 6.07) is 15.9. The zero-order valence-corrected chi connectivity index (χ0v) is 19.2. The van der Waals surface area contributed by atoms with Crippen molar-refractivity contribution < 1.29 is 29.3 Å². The molecule has 1 fully saturated rings. The maximum Gasteiger partial charge on any atom is 0.328 e. The van der Waals surface area contributed by atoms with E-state index in [0.29, 0.717) is 12.2 Å². The molecule has 0 saturated carbocycles. The molecule has 2 aromatic carbocycles. The first-order valence-corrected chi connectivity index (χ1v) is 10.6. The van der Waals surface area contributed by atoms with Crippen LogP contribution in [0.1, 0.15) is 18.7 Å². The number of benzene rings is 2. The Balaban J connectivity index is 0.000000414. The molecular weight excluding hydrogens is 448 g/mol. The third-order valence-electron chi connectivity index (χ3n) is 4.90. The number of carbonyl (C=O) groups is 3. The first-order valence-electron chi connectivity index (χ1n) is 10.3. The lowest BCUT2D eigenvalue weighted by atomic mass is 10.0. The average Bonchev–Trinajstić information content (AvgIpc) is 2.78. The van der Waals surface area contributed by atoms with E-state index in [1.54, 1.807) is 0 Å². The zero-order chi connectivity index (χ0) is 24.4. The number of hydrogen-bond acceptors (Lipinski definition) is 6. The largest absolute Gasteiger partial charge is 0.478 e. The van der Waals surface area contributed by atoms with Gasteiger partial charge in [0.25, 0.3) is 0 Å². The quantitative estimate of drug-likeness (QED) is 0.483. The van der Waals surface area contributed by atoms with Gasteiger partial charge in [-0.1, -0.05) is 54.1 Å². The Morgan fingerprint density at radius 3 is 1.97 bits per heavy atom. The molecule has 0 bridgehead atoms. The molecule has 2 aromatic rings. The number of aliphatic carboxylic acids is 2. The number of esters is 1. The molecular formula is C24H27ClN2O6. The molecule has 176 valence electrons. The van der Waals surface area contributed by atoms with Gasteiger partial charge < -0.3 is 19.8 Å². The van der Waals surface area contributed by atoms with Crippen LogP contribution in [0.15, 0.2) is 60.7 Å². The Bertz CT molecular complexity index is 969. The predicted molar refractivity (Wildman–Crippen MR) is 125 cm³/mol. The Labute approximate surface area is 197 Å². The molecule has 0 spiro atoms. The standard InChI is InChI=1S/C20H23ClN2O2.C4H4O4/c1-15(24)25-20(23-13-11-22(2)12-14-23)17-9-7-16(8-10-17)18-5-3-4-6-19(18)21;5-3(6)1-2-4(7)8/h3-10,20H,11-14H2,1-2H3;1-2H,(H,5,6)(H,7,8). The van der Waals surface area contributed by atoms with Gasteiger partial charge in [0, 0.05) is 61.4 Å². The Morgan fingerprint density at radius 1 is 0.939 bits per heavy atom. The van der Waals surface area contributed by atoms with Crippen LogP contribution >= 0.6 is 11.6 Å². The second kappa shape index (κ2) is 12.7. The monoisotopic (exact) mass is 474 g/mol. The fourth-order valence-corrected chi connectivity index (χ4v) is 3.48. The minimum absolute atomic E-state index is 0.265. The van der Waals surface area contributed by atoms with Crippen LogP contribution in [0.5, 0.6) is 0 Å². The van der Waals surface area contributed by atoms with E-state index in [2.05, 4.69) is 16.8 Å². The summed E-state index contributed by atoms with van der Waals surface area (Å²) in [6.07, 6.45) is 0.775. The van der Waals surface area contributed by atoms with Gasteiger partial charge in [-0.05, 0) is 18.7 Å². The predicted octanol–water partition coefficient (Wildman–Crippen LogP) is 3.53. The van der Waals surface area contributed by atoms with Gasteiger partial charge in [-0.25, -0.2) is 9.59 Å². The van der Waals surface area contributed by atoms with Gasteiger partial charge in [0.15, 0.2) is 6.23 Å². The highest BCUT2D eigenvalue weighted by atomic mass is 35.5. The molecule has 2 N–H and O–H groups in total. The summed E-state index contributed by atoms with van der Waals surface area (Å²) >= 11 is 6.28. The number of ether oxygens (including phenoxy) is 1. The summed E-state index contributed by atoms with van der Waals surface area (Å²) in [6.45, 7) is 5.15. The summed E-state index contributed by atoms with van der Waals surface area (Å²) in [5.41, 5.74) is 3.03. The molecule has 1 unspecified atom stereocenters. The van der Waals surface area contributed by atoms with E-state index in [-0.39, 0.29) is 12.2 Å². The van der Waals surface area contributed by atoms with Crippen molar-refractivity contribution in [2.45, 2.75) is 13.2 Å². The van der Waals surface area contributed by atoms with Gasteiger partial charge in [-0.15, -0.1) is 0 Å². The lowest BCUT2D eigenvalue weighted by Crippen LogP contribution is -2.46. The Hall–Kier alpha value is -3.20. The second-order valence-corrected chi connectivity index (χ2v) is 7.82. The first-order chi connectivity index (χ1) is 15.7. The third kappa shape index (κ3) is 8.69. The molecule has 0 radical (unpaired) electrons. The SMILES string of the molecule is CC(=O)OC(c1ccc(-c2ccccc2Cl)cc1)N1CCN(C)CC1.O=C(O)C=CC(=O)O. The summed E-state index contributed by atoms with van der Waals surface area (Å²) in [7, 11) is 2.11. The highest BCUT2D eigenvalue weighted by Crippen LogP contribution is 2.30. The molecule has 1 heterocycles. The van der Waals surface area contributed by atoms with E-state index in [4.69, 9.17) is 26.6 Å². The number of rotatable bonds is 6. The highest BCUT2D eigenvalue weighted by molar-refractivity contribution is 6.33. The van der Waals surface area contributed by atoms with Crippen LogP contribution in [0.3, 0.4) is 0 Å². The van der Waals surface area contributed by atoms with Crippen LogP contribution < -0.4 is 0 Å². The van der Waals surface area contributed by atoms with Crippen LogP contribution in [-0.2, 0) is 19.1 Å². The number of carboxylic acid groups (broad SMARTS) is 2. The molecule has 0 aromatic heterocycles. The number of carbonyl (C=O) groups excluding carboxylic acids is 1. The number of carboxylic acids is 2. The summed E-state index contributed by atoms with van der Waals surface area (Å²) in [4.78, 5) is 35.2. The normalized spacial score (nSPS) is 15.4. The van der Waals surface area contributed by atoms with E-state index in [1.165, 1.54) is 6.92 Å². The molecule has 8 nitrogen and oxygen atoms in total. The minimum atomic E-state index is -1.26. The van der Waals surface area contributed by atoms with Gasteiger partial charge in [-0.3, -0.25) is 9.69 Å². The topological polar surface area (TPSA) is 107 Å². The molecule has 1 atom stereocenters. The molecule has 1 saturated heterocycles. The lowest BCUT2D eigenvalue weighted by molar-refractivity contribution is -0.159. The van der Waals surface area contributed by atoms with Crippen molar-refractivity contribution in [2.24, 2.45) is 0 Å². The van der Waals surface area contributed by atoms with Crippen LogP contribution in [0, 0.1) is 0 Å². The van der Waals surface area contributed by atoms with Gasteiger partial charge in [0.2, 0.25) is 0 Å². The smallest absolute Gasteiger partial charge is 0.328 e. The molecule has 3 rings (SSSR count). The summed E-state index contributed by atoms with van der Waals surface area (Å²) in [5.74, 6) is -2.78. The average molecular weight is 475 g/mol. The number of halogens is 1. The molecule has 9 heteroatoms. The maximum atomic E-state index is 11.6. The van der Waals surface area contributed by atoms with E-state index in [1.807, 2.05) is 48.5 Å². The van der Waals surface area contributed by atoms with E-state index in [0.717, 1.165) is 47.9 Å². The van der Waals surface area contributed by atoms with Crippen molar-refractivity contribution in [1.82, 2.24) is 9.80 Å². The number of nitrogens with zero attached hydrogens (tertiary/aromatic N) is 2. The fourth-order valence-electron chi connectivity index (χ4n) is 3.23. The van der Waals surface area contributed by atoms with Crippen molar-refractivity contribution in [2.75, 3.05) is 33.2 Å². The fraction of sp³-hybridized carbons (Fsp3) is 0.292. The number of likely N-dealkylation sites (N-methyl/N-ethyl adjacent to an activating group) is 1. The minimum Gasteiger partial charge on any atom is -0.478 e. The molecule has 0 amide bonds. The van der Waals surface area contributed by atoms with Crippen molar-refractivity contribution in [1.29, 1.82) is 0 Å². The molecule has 1 aliphatic rings. The molecule has 33 heavy (non-hydrogen) atoms. The molecule has 0 aliphatic carbocycles. The van der Waals surface area contributed by atoms with E-state index < -0.39 is 11.9 Å². The van der Waals surface area contributed by atoms with Gasteiger partial charge in [-0.2, -0.15) is 0 Å². The van der Waals surface area contributed by atoms with E-state index in [9.17, 15) is 14.4 Å². The van der Waals surface area contributed by atoms with Crippen molar-refractivity contribution in [3.63, 3.8) is 0 Å². The van der Waals surface area contributed by atoms with Crippen LogP contribution in [0.25, 0.3) is 11.1 Å². The van der Waals surface area contributed by atoms with Crippen molar-refractivity contribution in [3.8, 4) is 11.1 Å². The number of hydrogen-bond donors (Lipinski definition) is 2. The highest BCUT2D eigenvalue weighted by Gasteiger charge is 2.26. The van der Waals surface area contributed by atoms with Gasteiger partial charge in [0.1, 0.15) is 0 Å².